The number of nitrogens with zero attached hydrogens (tertiary/aromatic N) is 4. The highest BCUT2D eigenvalue weighted by atomic mass is 16.2. The average molecular weight is 368 g/mol. The van der Waals surface area contributed by atoms with E-state index < -0.39 is 0 Å². The fourth-order valence-corrected chi connectivity index (χ4v) is 3.13. The van der Waals surface area contributed by atoms with E-state index in [4.69, 9.17) is 4.98 Å². The molecule has 0 aliphatic heterocycles. The van der Waals surface area contributed by atoms with Gasteiger partial charge in [-0.1, -0.05) is 24.3 Å². The molecule has 0 aliphatic rings. The minimum atomic E-state index is -0.131. The largest absolute Gasteiger partial charge is 0.268 e. The maximum Gasteiger partial charge on any atom is 0.264 e. The summed E-state index contributed by atoms with van der Waals surface area (Å²) >= 11 is 0. The Balaban J connectivity index is 1.95. The molecule has 0 spiro atoms. The molecule has 0 saturated carbocycles. The normalized spacial score (nSPS) is 11.9. The molecule has 0 unspecified atom stereocenters. The lowest BCUT2D eigenvalue weighted by atomic mass is 10.0. The molecular formula is C23H20N4O. The molecular weight excluding hydrogens is 348 g/mol. The molecule has 138 valence electrons. The van der Waals surface area contributed by atoms with Crippen LogP contribution in [0.25, 0.3) is 22.2 Å². The average Bonchev–Trinajstić information content (AvgIpc) is 2.73. The van der Waals surface area contributed by atoms with Gasteiger partial charge in [0, 0.05) is 35.6 Å². The molecule has 0 N–H and O–H groups in total. The lowest BCUT2D eigenvalue weighted by Gasteiger charge is -2.12. The van der Waals surface area contributed by atoms with Crippen molar-refractivity contribution in [2.24, 2.45) is 4.99 Å². The van der Waals surface area contributed by atoms with Crippen LogP contribution in [0.4, 0.5) is 0 Å². The Morgan fingerprint density at radius 3 is 2.54 bits per heavy atom. The van der Waals surface area contributed by atoms with Gasteiger partial charge in [0.15, 0.2) is 0 Å². The highest BCUT2D eigenvalue weighted by molar-refractivity contribution is 6.08. The molecule has 0 atom stereocenters. The van der Waals surface area contributed by atoms with E-state index in [-0.39, 0.29) is 11.9 Å². The fraction of sp³-hybridized carbons (Fsp3) is 0.130. The summed E-state index contributed by atoms with van der Waals surface area (Å²) in [4.78, 5) is 26.9. The van der Waals surface area contributed by atoms with E-state index >= 15 is 0 Å². The first-order valence-corrected chi connectivity index (χ1v) is 9.20. The van der Waals surface area contributed by atoms with Crippen molar-refractivity contribution in [1.82, 2.24) is 14.5 Å². The lowest BCUT2D eigenvalue weighted by Crippen LogP contribution is -2.28. The summed E-state index contributed by atoms with van der Waals surface area (Å²) in [5.41, 5.74) is 3.66. The van der Waals surface area contributed by atoms with E-state index in [9.17, 15) is 4.79 Å². The quantitative estimate of drug-likeness (QED) is 0.547. The van der Waals surface area contributed by atoms with Gasteiger partial charge in [0.1, 0.15) is 5.49 Å². The van der Waals surface area contributed by atoms with E-state index in [0.29, 0.717) is 11.1 Å². The number of carbonyl (C=O) groups excluding carboxylic acids is 1. The van der Waals surface area contributed by atoms with Crippen LogP contribution in [0.5, 0.6) is 0 Å². The van der Waals surface area contributed by atoms with Gasteiger partial charge in [-0.15, -0.1) is 0 Å². The molecule has 0 amide bonds. The molecule has 5 nitrogen and oxygen atoms in total. The Kier molecular flexibility index (Phi) is 4.81. The van der Waals surface area contributed by atoms with Crippen molar-refractivity contribution in [2.75, 3.05) is 0 Å². The van der Waals surface area contributed by atoms with Gasteiger partial charge in [-0.3, -0.25) is 19.3 Å². The van der Waals surface area contributed by atoms with Crippen molar-refractivity contribution in [3.05, 3.63) is 90.3 Å². The Morgan fingerprint density at radius 1 is 1.00 bits per heavy atom. The summed E-state index contributed by atoms with van der Waals surface area (Å²) in [6.07, 6.45) is 5.20. The third-order valence-corrected chi connectivity index (χ3v) is 4.37. The second-order valence-corrected chi connectivity index (χ2v) is 6.76. The minimum Gasteiger partial charge on any atom is -0.268 e. The molecule has 0 aliphatic carbocycles. The van der Waals surface area contributed by atoms with Gasteiger partial charge in [-0.2, -0.15) is 0 Å². The standard InChI is InChI=1S/C23H20N4O/c1-16(2)25-22-9-5-6-14-27(22)23(28)19-15-21(17-10-12-24-13-11-17)26-20-8-4-3-7-18(19)20/h3-16H,1-2H3. The van der Waals surface area contributed by atoms with E-state index in [1.165, 1.54) is 0 Å². The molecule has 3 heterocycles. The zero-order valence-corrected chi connectivity index (χ0v) is 15.8. The van der Waals surface area contributed by atoms with Gasteiger partial charge in [0.2, 0.25) is 0 Å². The van der Waals surface area contributed by atoms with Crippen LogP contribution >= 0.6 is 0 Å². The van der Waals surface area contributed by atoms with Crippen LogP contribution in [0.1, 0.15) is 24.2 Å². The van der Waals surface area contributed by atoms with Crippen LogP contribution in [0.15, 0.2) is 84.2 Å². The number of rotatable bonds is 3. The third-order valence-electron chi connectivity index (χ3n) is 4.37. The molecule has 3 aromatic heterocycles. The van der Waals surface area contributed by atoms with Crippen molar-refractivity contribution >= 4 is 16.8 Å². The van der Waals surface area contributed by atoms with Crippen LogP contribution in [-0.4, -0.2) is 26.5 Å². The third kappa shape index (κ3) is 3.47. The minimum absolute atomic E-state index is 0.0861. The SMILES string of the molecule is CC(C)N=c1ccccn1C(=O)c1cc(-c2ccncc2)nc2ccccc12. The van der Waals surface area contributed by atoms with Gasteiger partial charge in [-0.05, 0) is 50.2 Å². The van der Waals surface area contributed by atoms with Gasteiger partial charge in [0.05, 0.1) is 16.8 Å². The van der Waals surface area contributed by atoms with Crippen molar-refractivity contribution in [3.63, 3.8) is 0 Å². The highest BCUT2D eigenvalue weighted by Crippen LogP contribution is 2.25. The van der Waals surface area contributed by atoms with Gasteiger partial charge < -0.3 is 0 Å². The van der Waals surface area contributed by atoms with Gasteiger partial charge in [0.25, 0.3) is 5.91 Å². The van der Waals surface area contributed by atoms with Crippen molar-refractivity contribution in [3.8, 4) is 11.3 Å². The maximum absolute atomic E-state index is 13.5. The summed E-state index contributed by atoms with van der Waals surface area (Å²) < 4.78 is 1.60. The molecule has 0 saturated heterocycles. The van der Waals surface area contributed by atoms with Gasteiger partial charge >= 0.3 is 0 Å². The van der Waals surface area contributed by atoms with Crippen LogP contribution in [0.3, 0.4) is 0 Å². The summed E-state index contributed by atoms with van der Waals surface area (Å²) in [7, 11) is 0. The fourth-order valence-electron chi connectivity index (χ4n) is 3.13. The molecule has 0 radical (unpaired) electrons. The Bertz CT molecular complexity index is 1210. The predicted molar refractivity (Wildman–Crippen MR) is 110 cm³/mol. The summed E-state index contributed by atoms with van der Waals surface area (Å²) in [6.45, 7) is 3.98. The maximum atomic E-state index is 13.5. The number of hydrogen-bond donors (Lipinski definition) is 0. The highest BCUT2D eigenvalue weighted by Gasteiger charge is 2.16. The Morgan fingerprint density at radius 2 is 1.75 bits per heavy atom. The van der Waals surface area contributed by atoms with E-state index in [2.05, 4.69) is 9.98 Å². The second-order valence-electron chi connectivity index (χ2n) is 6.76. The van der Waals surface area contributed by atoms with Gasteiger partial charge in [-0.25, -0.2) is 4.98 Å². The molecule has 1 aromatic carbocycles. The number of aromatic nitrogens is 3. The second kappa shape index (κ2) is 7.56. The number of fused-ring (bicyclic) bond motifs is 1. The first-order chi connectivity index (χ1) is 13.6. The number of benzene rings is 1. The van der Waals surface area contributed by atoms with E-state index in [1.807, 2.05) is 74.5 Å². The number of pyridine rings is 3. The first kappa shape index (κ1) is 17.8. The molecule has 5 heteroatoms. The molecule has 4 aromatic rings. The topological polar surface area (TPSA) is 60.1 Å². The van der Waals surface area contributed by atoms with E-state index in [0.717, 1.165) is 22.2 Å². The van der Waals surface area contributed by atoms with Crippen molar-refractivity contribution in [1.29, 1.82) is 0 Å². The molecule has 0 fully saturated rings. The van der Waals surface area contributed by atoms with Crippen molar-refractivity contribution < 1.29 is 4.79 Å². The number of carbonyl (C=O) groups is 1. The zero-order chi connectivity index (χ0) is 19.5. The van der Waals surface area contributed by atoms with Crippen LogP contribution in [0.2, 0.25) is 0 Å². The summed E-state index contributed by atoms with van der Waals surface area (Å²) in [5, 5.41) is 0.817. The smallest absolute Gasteiger partial charge is 0.264 e. The van der Waals surface area contributed by atoms with E-state index in [1.54, 1.807) is 23.2 Å². The lowest BCUT2D eigenvalue weighted by molar-refractivity contribution is 0.0956. The predicted octanol–water partition coefficient (Wildman–Crippen LogP) is 4.10. The summed E-state index contributed by atoms with van der Waals surface area (Å²) in [6, 6.07) is 19.0. The Hall–Kier alpha value is -3.60. The zero-order valence-electron chi connectivity index (χ0n) is 15.8. The van der Waals surface area contributed by atoms with Crippen LogP contribution in [-0.2, 0) is 0 Å². The molecule has 28 heavy (non-hydrogen) atoms. The Labute approximate surface area is 163 Å². The summed E-state index contributed by atoms with van der Waals surface area (Å²) in [5.74, 6) is -0.131. The first-order valence-electron chi connectivity index (χ1n) is 9.20. The number of para-hydroxylation sites is 1. The molecule has 4 rings (SSSR count). The number of hydrogen-bond acceptors (Lipinski definition) is 4. The monoisotopic (exact) mass is 368 g/mol. The van der Waals surface area contributed by atoms with Crippen LogP contribution in [0, 0.1) is 0 Å². The molecule has 0 bridgehead atoms. The van der Waals surface area contributed by atoms with Crippen molar-refractivity contribution in [2.45, 2.75) is 19.9 Å². The van der Waals surface area contributed by atoms with Crippen LogP contribution < -0.4 is 5.49 Å².